The Hall–Kier alpha value is -1.75. The second kappa shape index (κ2) is 9.85. The highest BCUT2D eigenvalue weighted by Gasteiger charge is 2.47. The molecule has 0 aliphatic carbocycles. The normalized spacial score (nSPS) is 20.4. The lowest BCUT2D eigenvalue weighted by atomic mass is 10.0. The van der Waals surface area contributed by atoms with Crippen LogP contribution in [0.4, 0.5) is 10.5 Å². The molecule has 1 amide bonds. The fraction of sp³-hybridized carbons (Fsp3) is 0.680. The molecule has 0 aromatic heterocycles. The Balaban J connectivity index is 2.37. The molecular weight excluding hydrogens is 454 g/mol. The number of nitriles is 1. The molecule has 1 aliphatic heterocycles. The van der Waals surface area contributed by atoms with Crippen LogP contribution in [0.5, 0.6) is 0 Å². The van der Waals surface area contributed by atoms with Gasteiger partial charge in [0.25, 0.3) is 0 Å². The molecule has 1 heterocycles. The Morgan fingerprint density at radius 3 is 2.39 bits per heavy atom. The zero-order valence-electron chi connectivity index (χ0n) is 21.8. The first kappa shape index (κ1) is 27.5. The molecule has 2 rings (SSSR count). The molecule has 1 saturated heterocycles. The molecule has 0 saturated carbocycles. The van der Waals surface area contributed by atoms with Crippen molar-refractivity contribution in [1.29, 1.82) is 5.26 Å². The molecule has 1 aromatic carbocycles. The average molecular weight is 494 g/mol. The molecule has 0 spiro atoms. The van der Waals surface area contributed by atoms with Gasteiger partial charge in [0.05, 0.1) is 22.7 Å². The third-order valence-electron chi connectivity index (χ3n) is 6.68. The highest BCUT2D eigenvalue weighted by atomic mass is 35.5. The molecular formula is C25H40ClN3O3Si. The zero-order valence-corrected chi connectivity index (χ0v) is 23.6. The summed E-state index contributed by atoms with van der Waals surface area (Å²) in [5, 5.41) is 13.3. The van der Waals surface area contributed by atoms with Crippen molar-refractivity contribution in [2.24, 2.45) is 0 Å². The van der Waals surface area contributed by atoms with Gasteiger partial charge in [0.2, 0.25) is 0 Å². The van der Waals surface area contributed by atoms with E-state index in [0.717, 1.165) is 17.7 Å². The topological polar surface area (TPSA) is 74.6 Å². The lowest BCUT2D eigenvalue weighted by Gasteiger charge is -2.42. The molecule has 1 aromatic rings. The summed E-state index contributed by atoms with van der Waals surface area (Å²) in [4.78, 5) is 14.9. The first-order chi connectivity index (χ1) is 15.0. The Morgan fingerprint density at radius 2 is 1.88 bits per heavy atom. The highest BCUT2D eigenvalue weighted by molar-refractivity contribution is 6.74. The van der Waals surface area contributed by atoms with Crippen LogP contribution in [0.25, 0.3) is 0 Å². The van der Waals surface area contributed by atoms with Gasteiger partial charge in [-0.1, -0.05) is 32.4 Å². The predicted octanol–water partition coefficient (Wildman–Crippen LogP) is 6.72. The van der Waals surface area contributed by atoms with Crippen LogP contribution in [0.3, 0.4) is 0 Å². The lowest BCUT2D eigenvalue weighted by molar-refractivity contribution is 0.0146. The summed E-state index contributed by atoms with van der Waals surface area (Å²) in [6.07, 6.45) is 0.336. The van der Waals surface area contributed by atoms with Crippen LogP contribution in [0.2, 0.25) is 23.2 Å². The summed E-state index contributed by atoms with van der Waals surface area (Å²) in [5.41, 5.74) is 1.52. The predicted molar refractivity (Wildman–Crippen MR) is 137 cm³/mol. The molecule has 6 nitrogen and oxygen atoms in total. The van der Waals surface area contributed by atoms with Crippen molar-refractivity contribution in [3.05, 3.63) is 28.3 Å². The highest BCUT2D eigenvalue weighted by Crippen LogP contribution is 2.40. The van der Waals surface area contributed by atoms with Crippen LogP contribution in [0.1, 0.15) is 66.0 Å². The van der Waals surface area contributed by atoms with Gasteiger partial charge in [-0.3, -0.25) is 0 Å². The molecule has 0 radical (unpaired) electrons. The molecule has 3 atom stereocenters. The number of anilines is 1. The molecule has 33 heavy (non-hydrogen) atoms. The summed E-state index contributed by atoms with van der Waals surface area (Å²) < 4.78 is 12.5. The summed E-state index contributed by atoms with van der Waals surface area (Å²) in [6, 6.07) is 5.37. The molecule has 1 aliphatic rings. The van der Waals surface area contributed by atoms with E-state index in [9.17, 15) is 10.1 Å². The lowest BCUT2D eigenvalue weighted by Crippen LogP contribution is -2.54. The summed E-state index contributed by atoms with van der Waals surface area (Å²) >= 11 is 6.39. The number of rotatable bonds is 5. The maximum absolute atomic E-state index is 13.1. The number of nitrogens with one attached hydrogen (secondary N) is 1. The van der Waals surface area contributed by atoms with E-state index in [4.69, 9.17) is 20.8 Å². The molecule has 1 fully saturated rings. The van der Waals surface area contributed by atoms with Gasteiger partial charge in [-0.15, -0.1) is 0 Å². The first-order valence-corrected chi connectivity index (χ1v) is 14.9. The Bertz CT molecular complexity index is 915. The quantitative estimate of drug-likeness (QED) is 0.460. The van der Waals surface area contributed by atoms with Gasteiger partial charge in [0, 0.05) is 18.3 Å². The Labute approximate surface area is 205 Å². The SMILES string of the molecule is Cc1c(NC(C)C2[C@@H](O[Si](C)(C)C(C)(C)C)CCN2C(=O)OC(C)(C)C)ccc(C#N)c1Cl. The van der Waals surface area contributed by atoms with Gasteiger partial charge < -0.3 is 19.4 Å². The van der Waals surface area contributed by atoms with Gasteiger partial charge >= 0.3 is 6.09 Å². The van der Waals surface area contributed by atoms with Gasteiger partial charge in [-0.2, -0.15) is 5.26 Å². The van der Waals surface area contributed by atoms with Crippen LogP contribution >= 0.6 is 11.6 Å². The minimum Gasteiger partial charge on any atom is -0.444 e. The fourth-order valence-electron chi connectivity index (χ4n) is 3.85. The Kier molecular flexibility index (Phi) is 8.21. The molecule has 8 heteroatoms. The van der Waals surface area contributed by atoms with E-state index >= 15 is 0 Å². The number of nitrogens with zero attached hydrogens (tertiary/aromatic N) is 2. The second-order valence-electron chi connectivity index (χ2n) is 11.5. The van der Waals surface area contributed by atoms with Gasteiger partial charge in [0.1, 0.15) is 11.7 Å². The fourth-order valence-corrected chi connectivity index (χ4v) is 5.43. The van der Waals surface area contributed by atoms with E-state index in [1.165, 1.54) is 0 Å². The van der Waals surface area contributed by atoms with Crippen molar-refractivity contribution >= 4 is 31.7 Å². The van der Waals surface area contributed by atoms with Crippen LogP contribution in [0, 0.1) is 18.3 Å². The molecule has 1 N–H and O–H groups in total. The van der Waals surface area contributed by atoms with E-state index in [2.05, 4.69) is 52.2 Å². The van der Waals surface area contributed by atoms with E-state index in [1.54, 1.807) is 11.0 Å². The maximum Gasteiger partial charge on any atom is 0.410 e. The average Bonchev–Trinajstić information content (AvgIpc) is 3.06. The number of amides is 1. The maximum atomic E-state index is 13.1. The number of halogens is 1. The third kappa shape index (κ3) is 6.43. The van der Waals surface area contributed by atoms with Crippen LogP contribution < -0.4 is 5.32 Å². The summed E-state index contributed by atoms with van der Waals surface area (Å²) in [6.45, 7) is 21.3. The van der Waals surface area contributed by atoms with E-state index in [1.807, 2.05) is 33.8 Å². The molecule has 2 unspecified atom stereocenters. The summed E-state index contributed by atoms with van der Waals surface area (Å²) in [7, 11) is -2.06. The van der Waals surface area contributed by atoms with Crippen molar-refractivity contribution in [1.82, 2.24) is 4.90 Å². The van der Waals surface area contributed by atoms with Gasteiger partial charge in [-0.25, -0.2) is 4.79 Å². The monoisotopic (exact) mass is 493 g/mol. The van der Waals surface area contributed by atoms with Crippen molar-refractivity contribution in [2.45, 2.75) is 104 Å². The van der Waals surface area contributed by atoms with E-state index < -0.39 is 13.9 Å². The number of carbonyl (C=O) groups excluding carboxylic acids is 1. The standard InChI is InChI=1S/C25H40ClN3O3Si/c1-16-19(12-11-18(15-27)21(16)26)28-17(2)22-20(32-33(9,10)25(6,7)8)13-14-29(22)23(30)31-24(3,4)5/h11-12,17,20,22,28H,13-14H2,1-10H3/t17?,20-,22?/m0/s1. The van der Waals surface area contributed by atoms with Crippen molar-refractivity contribution in [2.75, 3.05) is 11.9 Å². The van der Waals surface area contributed by atoms with Crippen LogP contribution in [0.15, 0.2) is 12.1 Å². The zero-order chi connectivity index (χ0) is 25.4. The number of likely N-dealkylation sites (tertiary alicyclic amines) is 1. The Morgan fingerprint density at radius 1 is 1.27 bits per heavy atom. The van der Waals surface area contributed by atoms with E-state index in [0.29, 0.717) is 17.1 Å². The van der Waals surface area contributed by atoms with Crippen molar-refractivity contribution in [3.63, 3.8) is 0 Å². The molecule has 0 bridgehead atoms. The van der Waals surface area contributed by atoms with Crippen LogP contribution in [-0.2, 0) is 9.16 Å². The number of hydrogen-bond donors (Lipinski definition) is 1. The first-order valence-electron chi connectivity index (χ1n) is 11.6. The van der Waals surface area contributed by atoms with Crippen molar-refractivity contribution in [3.8, 4) is 6.07 Å². The number of carbonyl (C=O) groups is 1. The van der Waals surface area contributed by atoms with Crippen molar-refractivity contribution < 1.29 is 14.0 Å². The van der Waals surface area contributed by atoms with Gasteiger partial charge in [-0.05, 0) is 76.9 Å². The minimum atomic E-state index is -2.06. The van der Waals surface area contributed by atoms with E-state index in [-0.39, 0.29) is 29.3 Å². The largest absolute Gasteiger partial charge is 0.444 e. The second-order valence-corrected chi connectivity index (χ2v) is 16.6. The summed E-state index contributed by atoms with van der Waals surface area (Å²) in [5.74, 6) is 0. The number of hydrogen-bond acceptors (Lipinski definition) is 5. The van der Waals surface area contributed by atoms with Crippen LogP contribution in [-0.4, -0.2) is 49.6 Å². The minimum absolute atomic E-state index is 0.0603. The number of ether oxygens (including phenoxy) is 1. The third-order valence-corrected chi connectivity index (χ3v) is 11.7. The smallest absolute Gasteiger partial charge is 0.410 e. The molecule has 184 valence electrons. The van der Waals surface area contributed by atoms with Gasteiger partial charge in [0.15, 0.2) is 8.32 Å². The number of benzene rings is 1.